The quantitative estimate of drug-likeness (QED) is 0.339. The van der Waals surface area contributed by atoms with Crippen molar-refractivity contribution >= 4 is 17.6 Å². The number of fused-ring (bicyclic) bond motifs is 1. The summed E-state index contributed by atoms with van der Waals surface area (Å²) in [6.07, 6.45) is 4.48. The molecule has 2 aliphatic heterocycles. The summed E-state index contributed by atoms with van der Waals surface area (Å²) in [6.45, 7) is 8.64. The number of nitrogens with two attached hydrogens (primary N) is 1. The highest BCUT2D eigenvalue weighted by atomic mass is 19.3. The predicted molar refractivity (Wildman–Crippen MR) is 137 cm³/mol. The van der Waals surface area contributed by atoms with Crippen molar-refractivity contribution in [2.45, 2.75) is 57.2 Å². The number of hydrazone groups is 1. The largest absolute Gasteiger partial charge is 0.330 e. The molecule has 0 amide bonds. The lowest BCUT2D eigenvalue weighted by Crippen LogP contribution is -2.52. The van der Waals surface area contributed by atoms with E-state index in [1.165, 1.54) is 6.08 Å². The van der Waals surface area contributed by atoms with E-state index in [2.05, 4.69) is 36.3 Å². The number of amidine groups is 1. The van der Waals surface area contributed by atoms with E-state index in [0.717, 1.165) is 22.2 Å². The molecule has 5 N–H and O–H groups in total. The predicted octanol–water partition coefficient (Wildman–Crippen LogP) is 3.67. The first-order valence-electron chi connectivity index (χ1n) is 11.9. The molecule has 0 aromatic heterocycles. The van der Waals surface area contributed by atoms with Crippen molar-refractivity contribution < 1.29 is 13.2 Å². The normalized spacial score (nSPS) is 23.9. The van der Waals surface area contributed by atoms with E-state index in [-0.39, 0.29) is 12.5 Å². The molecule has 2 heterocycles. The second kappa shape index (κ2) is 10.0. The first kappa shape index (κ1) is 25.9. The van der Waals surface area contributed by atoms with Gasteiger partial charge in [-0.1, -0.05) is 38.6 Å². The monoisotopic (exact) mass is 499 g/mol. The van der Waals surface area contributed by atoms with Crippen molar-refractivity contribution in [3.63, 3.8) is 0 Å². The number of alkyl halides is 3. The van der Waals surface area contributed by atoms with Crippen LogP contribution in [0.4, 0.5) is 13.2 Å². The molecule has 3 unspecified atom stereocenters. The average Bonchev–Trinajstić information content (AvgIpc) is 3.20. The van der Waals surface area contributed by atoms with Crippen LogP contribution in [-0.4, -0.2) is 59.0 Å². The van der Waals surface area contributed by atoms with Gasteiger partial charge in [-0.05, 0) is 41.0 Å². The number of hydrogen-bond donors (Lipinski definition) is 4. The Bertz CT molecular complexity index is 1170. The van der Waals surface area contributed by atoms with E-state index in [0.29, 0.717) is 29.4 Å². The highest BCUT2D eigenvalue weighted by Crippen LogP contribution is 2.39. The van der Waals surface area contributed by atoms with Crippen LogP contribution in [0.5, 0.6) is 0 Å². The molecule has 0 saturated heterocycles. The van der Waals surface area contributed by atoms with Crippen LogP contribution < -0.4 is 16.5 Å². The summed E-state index contributed by atoms with van der Waals surface area (Å²) < 4.78 is 45.9. The molecule has 0 fully saturated rings. The summed E-state index contributed by atoms with van der Waals surface area (Å²) >= 11 is 0. The van der Waals surface area contributed by atoms with Crippen LogP contribution in [0.3, 0.4) is 0 Å². The van der Waals surface area contributed by atoms with Gasteiger partial charge in [-0.3, -0.25) is 5.41 Å². The second-order valence-electron chi connectivity index (χ2n) is 9.48. The molecule has 10 heteroatoms. The number of hydrogen-bond acceptors (Lipinski definition) is 6. The van der Waals surface area contributed by atoms with Gasteiger partial charge in [0, 0.05) is 43.4 Å². The van der Waals surface area contributed by atoms with E-state index < -0.39 is 29.7 Å². The Morgan fingerprint density at radius 3 is 2.86 bits per heavy atom. The number of benzene rings is 1. The van der Waals surface area contributed by atoms with Gasteiger partial charge in [0.2, 0.25) is 0 Å². The molecule has 0 radical (unpaired) electrons. The SMILES string of the molecule is C=Cc1cc(C2=NN(C(=N)C(F)(F)C3=CC4=CN(C)NC4CC3F)C(N)C=C2)ccc1CNC(C)C. The zero-order valence-electron chi connectivity index (χ0n) is 20.6. The van der Waals surface area contributed by atoms with Crippen molar-refractivity contribution in [1.82, 2.24) is 20.8 Å². The van der Waals surface area contributed by atoms with Gasteiger partial charge in [0.15, 0.2) is 5.84 Å². The van der Waals surface area contributed by atoms with Gasteiger partial charge in [-0.15, -0.1) is 0 Å². The summed E-state index contributed by atoms with van der Waals surface area (Å²) in [5, 5.41) is 18.3. The van der Waals surface area contributed by atoms with E-state index in [4.69, 9.17) is 11.1 Å². The number of rotatable bonds is 7. The maximum Gasteiger partial charge on any atom is 0.330 e. The highest BCUT2D eigenvalue weighted by molar-refractivity contribution is 6.10. The van der Waals surface area contributed by atoms with Crippen molar-refractivity contribution in [3.05, 3.63) is 77.0 Å². The molecular formula is C26H32F3N7. The van der Waals surface area contributed by atoms with E-state index >= 15 is 8.78 Å². The Balaban J connectivity index is 1.62. The van der Waals surface area contributed by atoms with Crippen molar-refractivity contribution in [2.24, 2.45) is 10.8 Å². The minimum atomic E-state index is -3.90. The van der Waals surface area contributed by atoms with Gasteiger partial charge in [0.1, 0.15) is 12.3 Å². The van der Waals surface area contributed by atoms with Crippen molar-refractivity contribution in [3.8, 4) is 0 Å². The zero-order chi connectivity index (χ0) is 26.2. The smallest absolute Gasteiger partial charge is 0.318 e. The highest BCUT2D eigenvalue weighted by Gasteiger charge is 2.50. The van der Waals surface area contributed by atoms with Crippen LogP contribution >= 0.6 is 0 Å². The van der Waals surface area contributed by atoms with Crippen LogP contribution in [0.15, 0.2) is 65.5 Å². The summed E-state index contributed by atoms with van der Waals surface area (Å²) in [7, 11) is 1.72. The van der Waals surface area contributed by atoms with E-state index in [1.54, 1.807) is 30.4 Å². The zero-order valence-corrected chi connectivity index (χ0v) is 20.6. The Kier molecular flexibility index (Phi) is 7.21. The molecule has 0 saturated carbocycles. The molecule has 0 bridgehead atoms. The fourth-order valence-corrected chi connectivity index (χ4v) is 4.43. The summed E-state index contributed by atoms with van der Waals surface area (Å²) in [4.78, 5) is 0. The lowest BCUT2D eigenvalue weighted by Gasteiger charge is -2.34. The van der Waals surface area contributed by atoms with Crippen LogP contribution in [0.2, 0.25) is 0 Å². The molecule has 1 aromatic rings. The Hall–Kier alpha value is -3.21. The van der Waals surface area contributed by atoms with Gasteiger partial charge in [-0.25, -0.2) is 14.8 Å². The number of allylic oxidation sites excluding steroid dienone is 1. The molecule has 3 atom stereocenters. The third-order valence-corrected chi connectivity index (χ3v) is 6.41. The standard InChI is InChI=1S/C26H32F3N7/c1-5-16-10-17(6-7-18(16)13-32-15(2)3)22-8-9-24(30)36(34-22)25(31)26(28,29)20-11-19-14-35(4)33-23(19)12-21(20)27/h5-11,14-15,21,23-24,31-33H,1,12-13,30H2,2-4H3. The Morgan fingerprint density at radius 1 is 1.42 bits per heavy atom. The number of hydrazine groups is 1. The third kappa shape index (κ3) is 5.02. The summed E-state index contributed by atoms with van der Waals surface area (Å²) in [5.41, 5.74) is 11.7. The van der Waals surface area contributed by atoms with Gasteiger partial charge in [0.25, 0.3) is 0 Å². The molecule has 1 aliphatic carbocycles. The van der Waals surface area contributed by atoms with Crippen LogP contribution in [0.1, 0.15) is 37.0 Å². The molecule has 7 nitrogen and oxygen atoms in total. The fraction of sp³-hybridized carbons (Fsp3) is 0.385. The van der Waals surface area contributed by atoms with Crippen molar-refractivity contribution in [1.29, 1.82) is 5.41 Å². The third-order valence-electron chi connectivity index (χ3n) is 6.41. The molecule has 1 aromatic carbocycles. The summed E-state index contributed by atoms with van der Waals surface area (Å²) in [5.74, 6) is -5.08. The fourth-order valence-electron chi connectivity index (χ4n) is 4.43. The molecule has 0 spiro atoms. The number of halogens is 3. The molecule has 4 rings (SSSR count). The second-order valence-corrected chi connectivity index (χ2v) is 9.48. The van der Waals surface area contributed by atoms with Crippen LogP contribution in [0.25, 0.3) is 6.08 Å². The van der Waals surface area contributed by atoms with Gasteiger partial charge in [-0.2, -0.15) is 13.9 Å². The molecular weight excluding hydrogens is 467 g/mol. The first-order chi connectivity index (χ1) is 17.0. The van der Waals surface area contributed by atoms with Gasteiger partial charge in [0.05, 0.1) is 11.8 Å². The van der Waals surface area contributed by atoms with Crippen LogP contribution in [0, 0.1) is 5.41 Å². The first-order valence-corrected chi connectivity index (χ1v) is 11.9. The molecule has 192 valence electrons. The number of nitrogens with zero attached hydrogens (tertiary/aromatic N) is 3. The minimum absolute atomic E-state index is 0.145. The van der Waals surface area contributed by atoms with Crippen molar-refractivity contribution in [2.75, 3.05) is 7.05 Å². The van der Waals surface area contributed by atoms with Crippen LogP contribution in [-0.2, 0) is 6.54 Å². The minimum Gasteiger partial charge on any atom is -0.318 e. The maximum absolute atomic E-state index is 15.5. The summed E-state index contributed by atoms with van der Waals surface area (Å²) in [6, 6.07) is 5.56. The molecule has 36 heavy (non-hydrogen) atoms. The Labute approximate surface area is 209 Å². The van der Waals surface area contributed by atoms with Gasteiger partial charge >= 0.3 is 5.92 Å². The topological polar surface area (TPSA) is 92.8 Å². The average molecular weight is 500 g/mol. The Morgan fingerprint density at radius 2 is 2.17 bits per heavy atom. The maximum atomic E-state index is 15.5. The van der Waals surface area contributed by atoms with E-state index in [9.17, 15) is 4.39 Å². The lowest BCUT2D eigenvalue weighted by atomic mass is 9.87. The lowest BCUT2D eigenvalue weighted by molar-refractivity contribution is 0.0757. The number of nitrogens with one attached hydrogen (secondary N) is 3. The van der Waals surface area contributed by atoms with E-state index in [1.807, 2.05) is 18.2 Å². The van der Waals surface area contributed by atoms with Gasteiger partial charge < -0.3 is 16.1 Å². The molecule has 3 aliphatic rings.